The molecule has 0 spiro atoms. The number of hydrogen-bond acceptors (Lipinski definition) is 3. The summed E-state index contributed by atoms with van der Waals surface area (Å²) in [4.78, 5) is 7.88. The molecule has 1 aromatic rings. The van der Waals surface area contributed by atoms with Crippen LogP contribution in [0.4, 0.5) is 0 Å². The van der Waals surface area contributed by atoms with Gasteiger partial charge >= 0.3 is 0 Å². The molecule has 1 aromatic heterocycles. The molecule has 0 N–H and O–H groups in total. The van der Waals surface area contributed by atoms with Crippen LogP contribution in [0.3, 0.4) is 0 Å². The molecule has 4 nitrogen and oxygen atoms in total. The second-order valence-corrected chi connectivity index (χ2v) is 2.00. The molecular formula is C7H10N4. The molecule has 0 amide bonds. The monoisotopic (exact) mass is 150 g/mol. The van der Waals surface area contributed by atoms with E-state index in [1.807, 2.05) is 19.9 Å². The predicted octanol–water partition coefficient (Wildman–Crippen LogP) is 0.997. The van der Waals surface area contributed by atoms with Crippen LogP contribution in [0, 0.1) is 6.92 Å². The van der Waals surface area contributed by atoms with Crippen molar-refractivity contribution in [2.45, 2.75) is 13.8 Å². The molecule has 0 aromatic carbocycles. The van der Waals surface area contributed by atoms with Crippen LogP contribution in [-0.4, -0.2) is 21.1 Å². The second kappa shape index (κ2) is 3.65. The summed E-state index contributed by atoms with van der Waals surface area (Å²) < 4.78 is 1.61. The molecular weight excluding hydrogens is 140 g/mol. The van der Waals surface area contributed by atoms with E-state index in [4.69, 9.17) is 0 Å². The summed E-state index contributed by atoms with van der Waals surface area (Å²) in [7, 11) is 0. The molecule has 1 heterocycles. The summed E-state index contributed by atoms with van der Waals surface area (Å²) in [5.74, 6) is 0.832. The van der Waals surface area contributed by atoms with Gasteiger partial charge in [0.15, 0.2) is 0 Å². The Balaban J connectivity index is 2.71. The van der Waals surface area contributed by atoms with Gasteiger partial charge in [-0.1, -0.05) is 6.08 Å². The van der Waals surface area contributed by atoms with Gasteiger partial charge in [-0.3, -0.25) is 0 Å². The lowest BCUT2D eigenvalue weighted by Crippen LogP contribution is -1.99. The third-order valence-electron chi connectivity index (χ3n) is 1.16. The first-order chi connectivity index (χ1) is 5.34. The van der Waals surface area contributed by atoms with E-state index in [1.165, 1.54) is 6.33 Å². The normalized spacial score (nSPS) is 11.8. The van der Waals surface area contributed by atoms with Crippen molar-refractivity contribution in [2.75, 3.05) is 0 Å². The van der Waals surface area contributed by atoms with E-state index in [0.717, 1.165) is 5.82 Å². The van der Waals surface area contributed by atoms with Gasteiger partial charge in [0.2, 0.25) is 0 Å². The number of hydrogen-bond donors (Lipinski definition) is 0. The van der Waals surface area contributed by atoms with Crippen molar-refractivity contribution in [3.05, 3.63) is 24.4 Å². The fraction of sp³-hybridized carbons (Fsp3) is 0.286. The largest absolute Gasteiger partial charge is 0.245 e. The smallest absolute Gasteiger partial charge is 0.138 e. The van der Waals surface area contributed by atoms with Crippen molar-refractivity contribution in [3.8, 4) is 0 Å². The maximum atomic E-state index is 3.95. The molecule has 0 aliphatic heterocycles. The highest BCUT2D eigenvalue weighted by Gasteiger charge is 1.90. The van der Waals surface area contributed by atoms with Crippen molar-refractivity contribution >= 4 is 6.34 Å². The maximum Gasteiger partial charge on any atom is 0.138 e. The minimum Gasteiger partial charge on any atom is -0.245 e. The van der Waals surface area contributed by atoms with Gasteiger partial charge in [0, 0.05) is 6.20 Å². The molecule has 0 aliphatic carbocycles. The third-order valence-corrected chi connectivity index (χ3v) is 1.16. The van der Waals surface area contributed by atoms with Gasteiger partial charge in [-0.15, -0.1) is 0 Å². The first kappa shape index (κ1) is 7.65. The molecule has 4 heteroatoms. The van der Waals surface area contributed by atoms with E-state index in [0.29, 0.717) is 0 Å². The average Bonchev–Trinajstić information content (AvgIpc) is 2.37. The Morgan fingerprint density at radius 1 is 1.64 bits per heavy atom. The van der Waals surface area contributed by atoms with Gasteiger partial charge in [-0.05, 0) is 13.8 Å². The molecule has 1 rings (SSSR count). The number of aromatic nitrogens is 3. The van der Waals surface area contributed by atoms with Gasteiger partial charge in [-0.25, -0.2) is 14.7 Å². The second-order valence-electron chi connectivity index (χ2n) is 2.00. The summed E-state index contributed by atoms with van der Waals surface area (Å²) in [6, 6.07) is 0. The van der Waals surface area contributed by atoms with Gasteiger partial charge in [0.1, 0.15) is 18.5 Å². The Hall–Kier alpha value is -1.45. The number of nitrogens with zero attached hydrogens (tertiary/aromatic N) is 4. The predicted molar refractivity (Wildman–Crippen MR) is 43.5 cm³/mol. The van der Waals surface area contributed by atoms with E-state index in [1.54, 1.807) is 17.2 Å². The maximum absolute atomic E-state index is 3.95. The molecule has 0 fully saturated rings. The molecule has 0 saturated heterocycles. The van der Waals surface area contributed by atoms with Gasteiger partial charge < -0.3 is 0 Å². The minimum absolute atomic E-state index is 0.832. The molecule has 0 radical (unpaired) electrons. The highest BCUT2D eigenvalue weighted by Crippen LogP contribution is 1.85. The zero-order chi connectivity index (χ0) is 8.10. The van der Waals surface area contributed by atoms with Gasteiger partial charge in [0.05, 0.1) is 0 Å². The standard InChI is InChI=1S/C7H10N4/c1-3-4-8-6-11-7(2)9-5-10-11/h3-6H,1-2H3/b4-3-,8-6-. The zero-order valence-electron chi connectivity index (χ0n) is 6.60. The SMILES string of the molecule is C/C=C\N=C/n1ncnc1C. The summed E-state index contributed by atoms with van der Waals surface area (Å²) in [6.07, 6.45) is 6.66. The van der Waals surface area contributed by atoms with Gasteiger partial charge in [0.25, 0.3) is 0 Å². The number of aryl methyl sites for hydroxylation is 1. The molecule has 0 atom stereocenters. The van der Waals surface area contributed by atoms with Crippen LogP contribution in [0.1, 0.15) is 12.7 Å². The van der Waals surface area contributed by atoms with Crippen LogP contribution in [0.15, 0.2) is 23.6 Å². The molecule has 11 heavy (non-hydrogen) atoms. The van der Waals surface area contributed by atoms with Crippen molar-refractivity contribution in [2.24, 2.45) is 4.99 Å². The van der Waals surface area contributed by atoms with Crippen LogP contribution in [0.5, 0.6) is 0 Å². The van der Waals surface area contributed by atoms with Crippen LogP contribution in [-0.2, 0) is 0 Å². The number of allylic oxidation sites excluding steroid dienone is 1. The lowest BCUT2D eigenvalue weighted by molar-refractivity contribution is 0.910. The van der Waals surface area contributed by atoms with Crippen LogP contribution < -0.4 is 0 Å². The fourth-order valence-corrected chi connectivity index (χ4v) is 0.609. The van der Waals surface area contributed by atoms with Crippen molar-refractivity contribution in [1.82, 2.24) is 14.8 Å². The third kappa shape index (κ3) is 2.00. The molecule has 0 aliphatic rings. The molecule has 0 unspecified atom stereocenters. The summed E-state index contributed by atoms with van der Waals surface area (Å²) in [6.45, 7) is 3.78. The fourth-order valence-electron chi connectivity index (χ4n) is 0.609. The van der Waals surface area contributed by atoms with Crippen LogP contribution >= 0.6 is 0 Å². The van der Waals surface area contributed by atoms with Crippen LogP contribution in [0.2, 0.25) is 0 Å². The van der Waals surface area contributed by atoms with Crippen molar-refractivity contribution < 1.29 is 0 Å². The number of aliphatic imine (C=N–C) groups is 1. The minimum atomic E-state index is 0.832. The molecule has 58 valence electrons. The van der Waals surface area contributed by atoms with E-state index < -0.39 is 0 Å². The Morgan fingerprint density at radius 3 is 3.00 bits per heavy atom. The topological polar surface area (TPSA) is 43.1 Å². The quantitative estimate of drug-likeness (QED) is 0.466. The summed E-state index contributed by atoms with van der Waals surface area (Å²) in [5, 5.41) is 3.91. The highest BCUT2D eigenvalue weighted by molar-refractivity contribution is 5.57. The number of rotatable bonds is 2. The Kier molecular flexibility index (Phi) is 2.54. The molecule has 0 saturated carbocycles. The zero-order valence-corrected chi connectivity index (χ0v) is 6.60. The van der Waals surface area contributed by atoms with Gasteiger partial charge in [-0.2, -0.15) is 5.10 Å². The summed E-state index contributed by atoms with van der Waals surface area (Å²) in [5.41, 5.74) is 0. The average molecular weight is 150 g/mol. The van der Waals surface area contributed by atoms with E-state index in [-0.39, 0.29) is 0 Å². The summed E-state index contributed by atoms with van der Waals surface area (Å²) >= 11 is 0. The highest BCUT2D eigenvalue weighted by atomic mass is 15.3. The Morgan fingerprint density at radius 2 is 2.45 bits per heavy atom. The lowest BCUT2D eigenvalue weighted by atomic mass is 10.7. The molecule has 0 bridgehead atoms. The van der Waals surface area contributed by atoms with E-state index >= 15 is 0 Å². The van der Waals surface area contributed by atoms with Crippen molar-refractivity contribution in [3.63, 3.8) is 0 Å². The van der Waals surface area contributed by atoms with Crippen molar-refractivity contribution in [1.29, 1.82) is 0 Å². The van der Waals surface area contributed by atoms with Crippen LogP contribution in [0.25, 0.3) is 0 Å². The Bertz CT molecular complexity index is 272. The first-order valence-corrected chi connectivity index (χ1v) is 3.35. The first-order valence-electron chi connectivity index (χ1n) is 3.35. The lowest BCUT2D eigenvalue weighted by Gasteiger charge is -1.88. The Labute approximate surface area is 65.3 Å². The van der Waals surface area contributed by atoms with E-state index in [2.05, 4.69) is 15.1 Å². The van der Waals surface area contributed by atoms with E-state index in [9.17, 15) is 0 Å².